The average molecular weight is 390 g/mol. The number of aryl methyl sites for hydroxylation is 1. The van der Waals surface area contributed by atoms with E-state index in [2.05, 4.69) is 21.7 Å². The maximum Gasteiger partial charge on any atom is 0.536 e. The third kappa shape index (κ3) is 5.59. The summed E-state index contributed by atoms with van der Waals surface area (Å²) >= 11 is 2.33. The summed E-state index contributed by atoms with van der Waals surface area (Å²) in [5.41, 5.74) is 0.898. The molecule has 0 aliphatic rings. The Morgan fingerprint density at radius 1 is 1.19 bits per heavy atom. The smallest absolute Gasteiger partial charge is 0.444 e. The first kappa shape index (κ1) is 19.4. The molecule has 0 saturated heterocycles. The fourth-order valence-electron chi connectivity index (χ4n) is 1.87. The molecule has 2 aromatic rings. The number of aromatic nitrogens is 1. The van der Waals surface area contributed by atoms with E-state index in [1.165, 1.54) is 11.3 Å². The van der Waals surface area contributed by atoms with Crippen LogP contribution in [0.3, 0.4) is 0 Å². The Labute approximate surface area is 157 Å². The highest BCUT2D eigenvalue weighted by molar-refractivity contribution is 8.13. The number of benzene rings is 1. The molecule has 0 radical (unpaired) electrons. The number of hydrogen-bond donors (Lipinski definition) is 0. The second-order valence-corrected chi connectivity index (χ2v) is 6.56. The minimum absolute atomic E-state index is 0.0610. The Kier molecular flexibility index (Phi) is 7.62. The van der Waals surface area contributed by atoms with E-state index in [0.29, 0.717) is 17.1 Å². The van der Waals surface area contributed by atoms with Crippen molar-refractivity contribution in [2.45, 2.75) is 6.54 Å². The molecular weight excluding hydrogens is 376 g/mol. The van der Waals surface area contributed by atoms with E-state index in [-0.39, 0.29) is 13.2 Å². The third-order valence-corrected chi connectivity index (χ3v) is 4.65. The van der Waals surface area contributed by atoms with Gasteiger partial charge in [0, 0.05) is 12.3 Å². The molecule has 0 unspecified atom stereocenters. The molecule has 134 valence electrons. The first-order valence-corrected chi connectivity index (χ1v) is 9.08. The topological polar surface area (TPSA) is 79.1 Å². The van der Waals surface area contributed by atoms with Crippen LogP contribution >= 0.6 is 23.1 Å². The van der Waals surface area contributed by atoms with Crippen molar-refractivity contribution < 1.29 is 23.9 Å². The molecule has 1 aromatic heterocycles. The highest BCUT2D eigenvalue weighted by atomic mass is 32.2. The molecule has 0 saturated carbocycles. The summed E-state index contributed by atoms with van der Waals surface area (Å²) in [5, 5.41) is 3.38. The fourth-order valence-corrected chi connectivity index (χ4v) is 3.46. The van der Waals surface area contributed by atoms with Crippen LogP contribution in [0, 0.1) is 24.7 Å². The van der Waals surface area contributed by atoms with Gasteiger partial charge >= 0.3 is 11.5 Å². The molecule has 0 amide bonds. The van der Waals surface area contributed by atoms with Gasteiger partial charge in [0.15, 0.2) is 13.2 Å². The van der Waals surface area contributed by atoms with Gasteiger partial charge in [-0.15, -0.1) is 12.8 Å². The molecule has 0 N–H and O–H groups in total. The first-order valence-electron chi connectivity index (χ1n) is 7.28. The van der Waals surface area contributed by atoms with Crippen LogP contribution in [0.15, 0.2) is 29.4 Å². The largest absolute Gasteiger partial charge is 0.536 e. The lowest BCUT2D eigenvalue weighted by Crippen LogP contribution is -2.18. The van der Waals surface area contributed by atoms with Crippen molar-refractivity contribution in [3.05, 3.63) is 29.1 Å². The van der Waals surface area contributed by atoms with Gasteiger partial charge in [-0.2, -0.15) is 0 Å². The van der Waals surface area contributed by atoms with Gasteiger partial charge in [-0.25, -0.2) is 9.59 Å². The predicted octanol–water partition coefficient (Wildman–Crippen LogP) is 2.81. The Hall–Kier alpha value is -2.88. The van der Waals surface area contributed by atoms with Crippen LogP contribution < -0.4 is 4.80 Å². The number of para-hydroxylation sites is 1. The number of rotatable bonds is 6. The standard InChI is InChI=1S/C17H14N2O5S2/c1-3-10-22-16(20)24-18-15-19(9-12-25-17(21)23-11-4-2)13-7-5-6-8-14(13)26-15/h1-2,5-8H,9-12H2/b18-15+. The number of thioether (sulfide) groups is 1. The normalized spacial score (nSPS) is 10.8. The summed E-state index contributed by atoms with van der Waals surface area (Å²) < 4.78 is 12.2. The monoisotopic (exact) mass is 390 g/mol. The number of carbonyl (C=O) groups excluding carboxylic acids is 2. The van der Waals surface area contributed by atoms with Gasteiger partial charge in [-0.1, -0.05) is 35.3 Å². The van der Waals surface area contributed by atoms with Crippen molar-refractivity contribution in [1.82, 2.24) is 4.57 Å². The lowest BCUT2D eigenvalue weighted by molar-refractivity contribution is 0.0630. The molecule has 9 heteroatoms. The maximum atomic E-state index is 11.5. The summed E-state index contributed by atoms with van der Waals surface area (Å²) in [6.07, 6.45) is 9.05. The molecule has 2 rings (SSSR count). The SMILES string of the molecule is C#CCOC(=O)O/N=c1/sc2ccccc2n1CCSC(=O)OCC#C. The van der Waals surface area contributed by atoms with Crippen molar-refractivity contribution in [2.75, 3.05) is 19.0 Å². The third-order valence-electron chi connectivity index (χ3n) is 2.87. The molecular formula is C17H14N2O5S2. The lowest BCUT2D eigenvalue weighted by atomic mass is 10.3. The van der Waals surface area contributed by atoms with E-state index in [0.717, 1.165) is 22.0 Å². The van der Waals surface area contributed by atoms with Crippen LogP contribution in [0.1, 0.15) is 0 Å². The summed E-state index contributed by atoms with van der Waals surface area (Å²) in [6.45, 7) is 0.188. The minimum atomic E-state index is -0.987. The number of fused-ring (bicyclic) bond motifs is 1. The molecule has 0 atom stereocenters. The van der Waals surface area contributed by atoms with Crippen LogP contribution in [0.5, 0.6) is 0 Å². The number of ether oxygens (including phenoxy) is 2. The minimum Gasteiger partial charge on any atom is -0.444 e. The Morgan fingerprint density at radius 2 is 1.92 bits per heavy atom. The number of carbonyl (C=O) groups is 2. The van der Waals surface area contributed by atoms with Gasteiger partial charge in [-0.3, -0.25) is 4.84 Å². The van der Waals surface area contributed by atoms with Crippen LogP contribution in [0.4, 0.5) is 9.59 Å². The van der Waals surface area contributed by atoms with Gasteiger partial charge in [0.05, 0.1) is 10.2 Å². The second kappa shape index (κ2) is 10.2. The molecule has 0 aliphatic carbocycles. The Morgan fingerprint density at radius 3 is 2.69 bits per heavy atom. The number of terminal acetylenes is 2. The zero-order valence-electron chi connectivity index (χ0n) is 13.5. The van der Waals surface area contributed by atoms with E-state index in [1.54, 1.807) is 0 Å². The lowest BCUT2D eigenvalue weighted by Gasteiger charge is -2.04. The summed E-state index contributed by atoms with van der Waals surface area (Å²) in [5.74, 6) is 4.82. The quantitative estimate of drug-likeness (QED) is 0.327. The highest BCUT2D eigenvalue weighted by Crippen LogP contribution is 2.17. The van der Waals surface area contributed by atoms with Gasteiger partial charge in [0.1, 0.15) is 0 Å². The summed E-state index contributed by atoms with van der Waals surface area (Å²) in [4.78, 5) is 28.1. The molecule has 1 heterocycles. The van der Waals surface area contributed by atoms with Crippen LogP contribution in [0.25, 0.3) is 10.2 Å². The molecule has 0 bridgehead atoms. The van der Waals surface area contributed by atoms with Crippen LogP contribution in [-0.2, 0) is 20.9 Å². The van der Waals surface area contributed by atoms with E-state index >= 15 is 0 Å². The molecule has 0 spiro atoms. The van der Waals surface area contributed by atoms with Gasteiger partial charge in [-0.05, 0) is 29.1 Å². The van der Waals surface area contributed by atoms with Gasteiger partial charge in [0.25, 0.3) is 0 Å². The first-order chi connectivity index (χ1) is 12.7. The zero-order chi connectivity index (χ0) is 18.8. The van der Waals surface area contributed by atoms with Gasteiger partial charge in [0.2, 0.25) is 4.80 Å². The fraction of sp³-hybridized carbons (Fsp3) is 0.235. The van der Waals surface area contributed by atoms with Crippen molar-refractivity contribution >= 4 is 44.8 Å². The molecule has 0 aliphatic heterocycles. The highest BCUT2D eigenvalue weighted by Gasteiger charge is 2.10. The average Bonchev–Trinajstić information content (AvgIpc) is 3.00. The van der Waals surface area contributed by atoms with E-state index in [4.69, 9.17) is 22.4 Å². The Bertz CT molecular complexity index is 933. The van der Waals surface area contributed by atoms with Crippen LogP contribution in [-0.4, -0.2) is 35.0 Å². The molecule has 1 aromatic carbocycles. The second-order valence-electron chi connectivity index (χ2n) is 4.52. The number of thiazole rings is 1. The van der Waals surface area contributed by atoms with Crippen molar-refractivity contribution in [2.24, 2.45) is 5.16 Å². The summed E-state index contributed by atoms with van der Waals surface area (Å²) in [7, 11) is 0. The Balaban J connectivity index is 2.13. The van der Waals surface area contributed by atoms with Crippen molar-refractivity contribution in [1.29, 1.82) is 0 Å². The van der Waals surface area contributed by atoms with Gasteiger partial charge < -0.3 is 14.0 Å². The van der Waals surface area contributed by atoms with Crippen molar-refractivity contribution in [3.8, 4) is 24.7 Å². The van der Waals surface area contributed by atoms with Crippen LogP contribution in [0.2, 0.25) is 0 Å². The molecule has 26 heavy (non-hydrogen) atoms. The number of nitrogens with zero attached hydrogens (tertiary/aromatic N) is 2. The number of hydrogen-bond acceptors (Lipinski definition) is 8. The zero-order valence-corrected chi connectivity index (χ0v) is 15.2. The van der Waals surface area contributed by atoms with E-state index in [1.807, 2.05) is 28.8 Å². The van der Waals surface area contributed by atoms with E-state index < -0.39 is 11.5 Å². The summed E-state index contributed by atoms with van der Waals surface area (Å²) in [6, 6.07) is 7.59. The maximum absolute atomic E-state index is 11.5. The van der Waals surface area contributed by atoms with Crippen molar-refractivity contribution in [3.63, 3.8) is 0 Å². The van der Waals surface area contributed by atoms with E-state index in [9.17, 15) is 9.59 Å². The molecule has 0 fully saturated rings. The molecule has 7 nitrogen and oxygen atoms in total. The predicted molar refractivity (Wildman–Crippen MR) is 99.3 cm³/mol.